The number of aliphatic carboxylic acids is 1. The molecule has 0 saturated carbocycles. The number of piperazine rings is 1. The first-order chi connectivity index (χ1) is 9.49. The average molecular weight is 277 g/mol. The van der Waals surface area contributed by atoms with E-state index in [-0.39, 0.29) is 5.91 Å². The van der Waals surface area contributed by atoms with Crippen molar-refractivity contribution in [2.45, 2.75) is 13.0 Å². The molecule has 1 amide bonds. The molecule has 6 heteroatoms. The number of amides is 1. The van der Waals surface area contributed by atoms with Gasteiger partial charge in [-0.3, -0.25) is 14.5 Å². The second kappa shape index (κ2) is 5.92. The summed E-state index contributed by atoms with van der Waals surface area (Å²) in [5.74, 6) is -0.865. The summed E-state index contributed by atoms with van der Waals surface area (Å²) >= 11 is 0. The van der Waals surface area contributed by atoms with Gasteiger partial charge >= 0.3 is 5.97 Å². The second-order valence-electron chi connectivity index (χ2n) is 4.96. The zero-order valence-corrected chi connectivity index (χ0v) is 11.5. The number of hydrogen-bond donors (Lipinski definition) is 2. The van der Waals surface area contributed by atoms with E-state index in [1.807, 2.05) is 4.90 Å². The van der Waals surface area contributed by atoms with Gasteiger partial charge in [0, 0.05) is 37.4 Å². The van der Waals surface area contributed by atoms with Gasteiger partial charge in [0.2, 0.25) is 0 Å². The third-order valence-electron chi connectivity index (χ3n) is 3.66. The predicted molar refractivity (Wildman–Crippen MR) is 75.4 cm³/mol. The Labute approximate surface area is 117 Å². The van der Waals surface area contributed by atoms with Crippen molar-refractivity contribution in [1.82, 2.24) is 9.80 Å². The van der Waals surface area contributed by atoms with Crippen molar-refractivity contribution in [1.29, 1.82) is 0 Å². The largest absolute Gasteiger partial charge is 0.480 e. The SMILES string of the molecule is CC(C(=O)O)N1CCN(C(=O)c2ccc(N)cc2)CC1. The molecule has 1 saturated heterocycles. The highest BCUT2D eigenvalue weighted by Crippen LogP contribution is 2.12. The molecule has 0 bridgehead atoms. The number of carboxylic acid groups (broad SMARTS) is 1. The van der Waals surface area contributed by atoms with E-state index in [0.717, 1.165) is 0 Å². The van der Waals surface area contributed by atoms with Gasteiger partial charge in [-0.2, -0.15) is 0 Å². The Morgan fingerprint density at radius 1 is 1.15 bits per heavy atom. The molecule has 108 valence electrons. The van der Waals surface area contributed by atoms with Gasteiger partial charge in [0.15, 0.2) is 0 Å². The van der Waals surface area contributed by atoms with Crippen LogP contribution in [0.3, 0.4) is 0 Å². The number of benzene rings is 1. The van der Waals surface area contributed by atoms with Crippen molar-refractivity contribution in [3.05, 3.63) is 29.8 Å². The summed E-state index contributed by atoms with van der Waals surface area (Å²) < 4.78 is 0. The normalized spacial score (nSPS) is 17.8. The van der Waals surface area contributed by atoms with Crippen molar-refractivity contribution in [2.24, 2.45) is 0 Å². The lowest BCUT2D eigenvalue weighted by molar-refractivity contribution is -0.143. The number of nitrogens with two attached hydrogens (primary N) is 1. The van der Waals surface area contributed by atoms with Gasteiger partial charge in [0.05, 0.1) is 0 Å². The quantitative estimate of drug-likeness (QED) is 0.786. The lowest BCUT2D eigenvalue weighted by atomic mass is 10.1. The zero-order valence-electron chi connectivity index (χ0n) is 11.5. The highest BCUT2D eigenvalue weighted by molar-refractivity contribution is 5.94. The fraction of sp³-hybridized carbons (Fsp3) is 0.429. The van der Waals surface area contributed by atoms with Crippen LogP contribution in [0, 0.1) is 0 Å². The maximum Gasteiger partial charge on any atom is 0.320 e. The van der Waals surface area contributed by atoms with Crippen LogP contribution in [0.5, 0.6) is 0 Å². The van der Waals surface area contributed by atoms with E-state index in [4.69, 9.17) is 10.8 Å². The Kier molecular flexibility index (Phi) is 4.24. The maximum absolute atomic E-state index is 12.3. The van der Waals surface area contributed by atoms with E-state index in [1.165, 1.54) is 0 Å². The van der Waals surface area contributed by atoms with Crippen molar-refractivity contribution in [3.63, 3.8) is 0 Å². The summed E-state index contributed by atoms with van der Waals surface area (Å²) in [4.78, 5) is 26.8. The van der Waals surface area contributed by atoms with Crippen LogP contribution in [-0.2, 0) is 4.79 Å². The first-order valence-corrected chi connectivity index (χ1v) is 6.60. The topological polar surface area (TPSA) is 86.9 Å². The number of nitrogen functional groups attached to an aromatic ring is 1. The third kappa shape index (κ3) is 3.08. The van der Waals surface area contributed by atoms with Crippen LogP contribution in [0.1, 0.15) is 17.3 Å². The van der Waals surface area contributed by atoms with Crippen molar-refractivity contribution in [2.75, 3.05) is 31.9 Å². The van der Waals surface area contributed by atoms with Crippen LogP contribution >= 0.6 is 0 Å². The lowest BCUT2D eigenvalue weighted by Crippen LogP contribution is -2.53. The monoisotopic (exact) mass is 277 g/mol. The summed E-state index contributed by atoms with van der Waals surface area (Å²) in [5.41, 5.74) is 6.83. The molecule has 1 atom stereocenters. The highest BCUT2D eigenvalue weighted by Gasteiger charge is 2.27. The van der Waals surface area contributed by atoms with Crippen molar-refractivity contribution in [3.8, 4) is 0 Å². The van der Waals surface area contributed by atoms with Crippen LogP contribution < -0.4 is 5.73 Å². The summed E-state index contributed by atoms with van der Waals surface area (Å²) in [6.45, 7) is 3.91. The van der Waals surface area contributed by atoms with Gasteiger partial charge in [0.25, 0.3) is 5.91 Å². The summed E-state index contributed by atoms with van der Waals surface area (Å²) in [5, 5.41) is 8.98. The van der Waals surface area contributed by atoms with E-state index in [0.29, 0.717) is 37.4 Å². The molecule has 0 radical (unpaired) electrons. The molecule has 0 aromatic heterocycles. The van der Waals surface area contributed by atoms with E-state index >= 15 is 0 Å². The number of carbonyl (C=O) groups excluding carboxylic acids is 1. The molecule has 1 aromatic carbocycles. The van der Waals surface area contributed by atoms with Gasteiger partial charge < -0.3 is 15.7 Å². The number of carboxylic acids is 1. The van der Waals surface area contributed by atoms with Crippen molar-refractivity contribution < 1.29 is 14.7 Å². The molecule has 1 aromatic rings. The van der Waals surface area contributed by atoms with E-state index in [1.54, 1.807) is 36.1 Å². The smallest absolute Gasteiger partial charge is 0.320 e. The van der Waals surface area contributed by atoms with Gasteiger partial charge in [-0.1, -0.05) is 0 Å². The van der Waals surface area contributed by atoms with Gasteiger partial charge in [0.1, 0.15) is 6.04 Å². The van der Waals surface area contributed by atoms with Crippen LogP contribution in [-0.4, -0.2) is 59.0 Å². The fourth-order valence-corrected chi connectivity index (χ4v) is 2.28. The summed E-state index contributed by atoms with van der Waals surface area (Å²) in [6, 6.07) is 6.32. The number of hydrogen-bond acceptors (Lipinski definition) is 4. The van der Waals surface area contributed by atoms with E-state index in [9.17, 15) is 9.59 Å². The Balaban J connectivity index is 1.95. The maximum atomic E-state index is 12.3. The molecule has 0 aliphatic carbocycles. The van der Waals surface area contributed by atoms with Crippen LogP contribution in [0.2, 0.25) is 0 Å². The molecule has 3 N–H and O–H groups in total. The minimum Gasteiger partial charge on any atom is -0.480 e. The minimum atomic E-state index is -0.830. The molecule has 20 heavy (non-hydrogen) atoms. The van der Waals surface area contributed by atoms with Gasteiger partial charge in [-0.15, -0.1) is 0 Å². The Morgan fingerprint density at radius 2 is 1.70 bits per heavy atom. The van der Waals surface area contributed by atoms with Crippen LogP contribution in [0.15, 0.2) is 24.3 Å². The van der Waals surface area contributed by atoms with Crippen molar-refractivity contribution >= 4 is 17.6 Å². The fourth-order valence-electron chi connectivity index (χ4n) is 2.28. The minimum absolute atomic E-state index is 0.0346. The number of anilines is 1. The Bertz CT molecular complexity index is 493. The molecular formula is C14H19N3O3. The number of carbonyl (C=O) groups is 2. The number of nitrogens with zero attached hydrogens (tertiary/aromatic N) is 2. The third-order valence-corrected chi connectivity index (χ3v) is 3.66. The molecule has 1 heterocycles. The Hall–Kier alpha value is -2.08. The van der Waals surface area contributed by atoms with E-state index in [2.05, 4.69) is 0 Å². The van der Waals surface area contributed by atoms with Crippen LogP contribution in [0.25, 0.3) is 0 Å². The predicted octanol–water partition coefficient (Wildman–Crippen LogP) is 0.500. The Morgan fingerprint density at radius 3 is 2.20 bits per heavy atom. The molecule has 1 fully saturated rings. The molecule has 0 spiro atoms. The molecule has 1 aliphatic heterocycles. The molecule has 1 unspecified atom stereocenters. The van der Waals surface area contributed by atoms with Gasteiger partial charge in [-0.25, -0.2) is 0 Å². The molecule has 2 rings (SSSR count). The summed E-state index contributed by atoms with van der Waals surface area (Å²) in [7, 11) is 0. The highest BCUT2D eigenvalue weighted by atomic mass is 16.4. The zero-order chi connectivity index (χ0) is 14.7. The van der Waals surface area contributed by atoms with E-state index < -0.39 is 12.0 Å². The second-order valence-corrected chi connectivity index (χ2v) is 4.96. The lowest BCUT2D eigenvalue weighted by Gasteiger charge is -2.36. The molecular weight excluding hydrogens is 258 g/mol. The first-order valence-electron chi connectivity index (χ1n) is 6.60. The average Bonchev–Trinajstić information content (AvgIpc) is 2.46. The molecule has 1 aliphatic rings. The first kappa shape index (κ1) is 14.3. The molecule has 6 nitrogen and oxygen atoms in total. The van der Waals surface area contributed by atoms with Crippen LogP contribution in [0.4, 0.5) is 5.69 Å². The summed E-state index contributed by atoms with van der Waals surface area (Å²) in [6.07, 6.45) is 0. The number of rotatable bonds is 3. The van der Waals surface area contributed by atoms with Gasteiger partial charge in [-0.05, 0) is 31.2 Å². The standard InChI is InChI=1S/C14H19N3O3/c1-10(14(19)20)16-6-8-17(9-7-16)13(18)11-2-4-12(15)5-3-11/h2-5,10H,6-9,15H2,1H3,(H,19,20).